The molecule has 92 valence electrons. The Balaban J connectivity index is 1.61. The van der Waals surface area contributed by atoms with Crippen LogP contribution in [0.3, 0.4) is 0 Å². The molecule has 0 spiro atoms. The molecule has 2 heteroatoms. The van der Waals surface area contributed by atoms with Crippen molar-refractivity contribution in [1.29, 1.82) is 0 Å². The molecule has 0 saturated heterocycles. The van der Waals surface area contributed by atoms with E-state index in [1.165, 1.54) is 42.4 Å². The first kappa shape index (κ1) is 11.2. The third-order valence-corrected chi connectivity index (χ3v) is 4.13. The Hall–Kier alpha value is -0.860. The number of aryl methyl sites for hydroxylation is 2. The molecular formula is C15H21NO. The molecule has 0 aromatic heterocycles. The molecule has 3 rings (SSSR count). The fourth-order valence-electron chi connectivity index (χ4n) is 3.08. The first-order valence-corrected chi connectivity index (χ1v) is 6.81. The van der Waals surface area contributed by atoms with Crippen molar-refractivity contribution in [2.24, 2.45) is 5.73 Å². The lowest BCUT2D eigenvalue weighted by molar-refractivity contribution is 0.0357. The molecule has 0 radical (unpaired) electrons. The molecule has 0 heterocycles. The summed E-state index contributed by atoms with van der Waals surface area (Å²) in [6.45, 7) is 0.728. The Morgan fingerprint density at radius 3 is 2.82 bits per heavy atom. The van der Waals surface area contributed by atoms with E-state index in [9.17, 15) is 0 Å². The Morgan fingerprint density at radius 2 is 2.00 bits per heavy atom. The minimum atomic E-state index is 0.254. The van der Waals surface area contributed by atoms with Crippen LogP contribution in [0.2, 0.25) is 0 Å². The summed E-state index contributed by atoms with van der Waals surface area (Å²) >= 11 is 0. The highest BCUT2D eigenvalue weighted by atomic mass is 16.5. The number of nitrogens with two attached hydrogens (primary N) is 1. The van der Waals surface area contributed by atoms with E-state index in [1.807, 2.05) is 0 Å². The molecule has 1 saturated carbocycles. The van der Waals surface area contributed by atoms with Crippen molar-refractivity contribution in [2.75, 3.05) is 0 Å². The number of ether oxygens (including phenoxy) is 1. The number of benzene rings is 1. The summed E-state index contributed by atoms with van der Waals surface area (Å²) in [5.41, 5.74) is 10.4. The maximum absolute atomic E-state index is 6.01. The van der Waals surface area contributed by atoms with E-state index in [1.54, 1.807) is 0 Å². The van der Waals surface area contributed by atoms with Crippen molar-refractivity contribution in [3.63, 3.8) is 0 Å². The normalized spacial score (nSPS) is 27.4. The van der Waals surface area contributed by atoms with E-state index in [0.717, 1.165) is 19.4 Å². The Labute approximate surface area is 103 Å². The van der Waals surface area contributed by atoms with E-state index >= 15 is 0 Å². The lowest BCUT2D eigenvalue weighted by atomic mass is 10.1. The zero-order chi connectivity index (χ0) is 11.7. The van der Waals surface area contributed by atoms with Crippen molar-refractivity contribution < 1.29 is 4.74 Å². The highest BCUT2D eigenvalue weighted by Gasteiger charge is 2.24. The van der Waals surface area contributed by atoms with Gasteiger partial charge in [0.05, 0.1) is 12.7 Å². The maximum Gasteiger partial charge on any atom is 0.0730 e. The highest BCUT2D eigenvalue weighted by Crippen LogP contribution is 2.25. The first-order chi connectivity index (χ1) is 8.33. The topological polar surface area (TPSA) is 35.2 Å². The van der Waals surface area contributed by atoms with Gasteiger partial charge in [0.2, 0.25) is 0 Å². The summed E-state index contributed by atoms with van der Waals surface area (Å²) in [5.74, 6) is 0. The van der Waals surface area contributed by atoms with Crippen molar-refractivity contribution >= 4 is 0 Å². The second-order valence-electron chi connectivity index (χ2n) is 5.40. The van der Waals surface area contributed by atoms with Crippen LogP contribution >= 0.6 is 0 Å². The van der Waals surface area contributed by atoms with Crippen LogP contribution in [0.1, 0.15) is 42.4 Å². The third-order valence-electron chi connectivity index (χ3n) is 4.13. The molecule has 1 fully saturated rings. The summed E-state index contributed by atoms with van der Waals surface area (Å²) in [6.07, 6.45) is 7.56. The molecule has 2 atom stereocenters. The molecule has 2 aliphatic rings. The van der Waals surface area contributed by atoms with Gasteiger partial charge in [0, 0.05) is 6.04 Å². The molecule has 0 amide bonds. The zero-order valence-electron chi connectivity index (χ0n) is 10.3. The lowest BCUT2D eigenvalue weighted by Crippen LogP contribution is -2.31. The molecule has 2 N–H and O–H groups in total. The van der Waals surface area contributed by atoms with Crippen LogP contribution in [0.25, 0.3) is 0 Å². The average molecular weight is 231 g/mol. The summed E-state index contributed by atoms with van der Waals surface area (Å²) in [7, 11) is 0. The van der Waals surface area contributed by atoms with Gasteiger partial charge < -0.3 is 10.5 Å². The van der Waals surface area contributed by atoms with E-state index in [4.69, 9.17) is 10.5 Å². The fourth-order valence-corrected chi connectivity index (χ4v) is 3.08. The first-order valence-electron chi connectivity index (χ1n) is 6.81. The Bertz CT molecular complexity index is 402. The van der Waals surface area contributed by atoms with Crippen LogP contribution in [0, 0.1) is 0 Å². The van der Waals surface area contributed by atoms with Crippen molar-refractivity contribution in [2.45, 2.75) is 57.3 Å². The van der Waals surface area contributed by atoms with Gasteiger partial charge in [-0.05, 0) is 55.2 Å². The lowest BCUT2D eigenvalue weighted by Gasteiger charge is -2.16. The molecule has 0 bridgehead atoms. The quantitative estimate of drug-likeness (QED) is 0.867. The summed E-state index contributed by atoms with van der Waals surface area (Å²) in [6, 6.07) is 7.06. The number of hydrogen-bond acceptors (Lipinski definition) is 2. The van der Waals surface area contributed by atoms with Gasteiger partial charge in [-0.1, -0.05) is 18.2 Å². The minimum absolute atomic E-state index is 0.254. The van der Waals surface area contributed by atoms with E-state index in [-0.39, 0.29) is 12.1 Å². The summed E-state index contributed by atoms with van der Waals surface area (Å²) < 4.78 is 5.94. The average Bonchev–Trinajstić information content (AvgIpc) is 2.94. The van der Waals surface area contributed by atoms with Crippen LogP contribution in [0.5, 0.6) is 0 Å². The van der Waals surface area contributed by atoms with Gasteiger partial charge in [-0.2, -0.15) is 0 Å². The Morgan fingerprint density at radius 1 is 1.12 bits per heavy atom. The molecular weight excluding hydrogens is 210 g/mol. The Kier molecular flexibility index (Phi) is 3.17. The van der Waals surface area contributed by atoms with Crippen LogP contribution < -0.4 is 5.73 Å². The number of rotatable bonds is 3. The van der Waals surface area contributed by atoms with Gasteiger partial charge in [-0.25, -0.2) is 0 Å². The molecule has 1 aromatic rings. The summed E-state index contributed by atoms with van der Waals surface area (Å²) in [5, 5.41) is 0. The molecule has 2 unspecified atom stereocenters. The van der Waals surface area contributed by atoms with Crippen molar-refractivity contribution in [3.8, 4) is 0 Å². The standard InChI is InChI=1S/C15H21NO/c16-14-5-2-6-15(14)17-10-11-7-8-12-3-1-4-13(12)9-11/h7-9,14-15H,1-6,10,16H2. The largest absolute Gasteiger partial charge is 0.372 e. The van der Waals surface area contributed by atoms with Gasteiger partial charge in [0.1, 0.15) is 0 Å². The van der Waals surface area contributed by atoms with Gasteiger partial charge in [-0.15, -0.1) is 0 Å². The van der Waals surface area contributed by atoms with Gasteiger partial charge in [0.25, 0.3) is 0 Å². The van der Waals surface area contributed by atoms with E-state index in [0.29, 0.717) is 0 Å². The second kappa shape index (κ2) is 4.79. The molecule has 0 aliphatic heterocycles. The fraction of sp³-hybridized carbons (Fsp3) is 0.600. The third kappa shape index (κ3) is 2.38. The summed E-state index contributed by atoms with van der Waals surface area (Å²) in [4.78, 5) is 0. The van der Waals surface area contributed by atoms with Crippen molar-refractivity contribution in [1.82, 2.24) is 0 Å². The monoisotopic (exact) mass is 231 g/mol. The highest BCUT2D eigenvalue weighted by molar-refractivity contribution is 5.35. The van der Waals surface area contributed by atoms with Gasteiger partial charge in [-0.3, -0.25) is 0 Å². The van der Waals surface area contributed by atoms with Crippen LogP contribution in [-0.2, 0) is 24.2 Å². The predicted octanol–water partition coefficient (Wildman–Crippen LogP) is 2.57. The maximum atomic E-state index is 6.01. The van der Waals surface area contributed by atoms with Crippen LogP contribution in [-0.4, -0.2) is 12.1 Å². The molecule has 2 nitrogen and oxygen atoms in total. The molecule has 17 heavy (non-hydrogen) atoms. The minimum Gasteiger partial charge on any atom is -0.372 e. The van der Waals surface area contributed by atoms with E-state index < -0.39 is 0 Å². The predicted molar refractivity (Wildman–Crippen MR) is 68.9 cm³/mol. The van der Waals surface area contributed by atoms with Crippen molar-refractivity contribution in [3.05, 3.63) is 34.9 Å². The molecule has 1 aromatic carbocycles. The zero-order valence-corrected chi connectivity index (χ0v) is 10.3. The van der Waals surface area contributed by atoms with Crippen LogP contribution in [0.4, 0.5) is 0 Å². The number of hydrogen-bond donors (Lipinski definition) is 1. The second-order valence-corrected chi connectivity index (χ2v) is 5.40. The van der Waals surface area contributed by atoms with Crippen LogP contribution in [0.15, 0.2) is 18.2 Å². The SMILES string of the molecule is NC1CCCC1OCc1ccc2c(c1)CCC2. The van der Waals surface area contributed by atoms with Gasteiger partial charge >= 0.3 is 0 Å². The van der Waals surface area contributed by atoms with Gasteiger partial charge in [0.15, 0.2) is 0 Å². The smallest absolute Gasteiger partial charge is 0.0730 e. The molecule has 2 aliphatic carbocycles. The van der Waals surface area contributed by atoms with E-state index in [2.05, 4.69) is 18.2 Å². The number of fused-ring (bicyclic) bond motifs is 1.